The Morgan fingerprint density at radius 2 is 2.25 bits per heavy atom. The molecule has 0 atom stereocenters. The molecule has 59 valence electrons. The number of aromatic nitrogens is 2. The third-order valence-corrected chi connectivity index (χ3v) is 2.19. The normalized spacial score (nSPS) is 10.3. The molecule has 0 bridgehead atoms. The van der Waals surface area contributed by atoms with Gasteiger partial charge in [-0.3, -0.25) is 0 Å². The summed E-state index contributed by atoms with van der Waals surface area (Å²) in [5, 5.41) is 14.2. The van der Waals surface area contributed by atoms with E-state index in [0.29, 0.717) is 5.52 Å². The van der Waals surface area contributed by atoms with Crippen LogP contribution in [-0.4, -0.2) is 15.6 Å². The van der Waals surface area contributed by atoms with E-state index in [-0.39, 0.29) is 5.56 Å². The fourth-order valence-corrected chi connectivity index (χ4v) is 1.56. The Morgan fingerprint density at radius 1 is 1.42 bits per heavy atom. The second kappa shape index (κ2) is 2.53. The maximum absolute atomic E-state index is 10.5. The van der Waals surface area contributed by atoms with Crippen molar-refractivity contribution in [2.75, 3.05) is 0 Å². The first kappa shape index (κ1) is 7.17. The molecular formula is C7H3N2O2S. The Morgan fingerprint density at radius 3 is 3.00 bits per heavy atom. The third kappa shape index (κ3) is 0.947. The van der Waals surface area contributed by atoms with Gasteiger partial charge < -0.3 is 0 Å². The summed E-state index contributed by atoms with van der Waals surface area (Å²) in [6.45, 7) is 0. The molecular weight excluding hydrogens is 176 g/mol. The monoisotopic (exact) mass is 179 g/mol. The molecule has 12 heavy (non-hydrogen) atoms. The van der Waals surface area contributed by atoms with Gasteiger partial charge in [0.05, 0.1) is 10.3 Å². The Bertz CT molecular complexity index is 438. The van der Waals surface area contributed by atoms with Crippen molar-refractivity contribution < 1.29 is 9.90 Å². The van der Waals surface area contributed by atoms with Crippen LogP contribution < -0.4 is 0 Å². The van der Waals surface area contributed by atoms with E-state index in [2.05, 4.69) is 9.59 Å². The lowest BCUT2D eigenvalue weighted by Crippen LogP contribution is -1.94. The van der Waals surface area contributed by atoms with Crippen LogP contribution in [0.4, 0.5) is 0 Å². The van der Waals surface area contributed by atoms with Crippen LogP contribution in [0.3, 0.4) is 0 Å². The van der Waals surface area contributed by atoms with Gasteiger partial charge in [0.1, 0.15) is 5.52 Å². The first-order valence-electron chi connectivity index (χ1n) is 3.21. The van der Waals surface area contributed by atoms with Crippen molar-refractivity contribution in [1.29, 1.82) is 0 Å². The van der Waals surface area contributed by atoms with Crippen molar-refractivity contribution in [3.8, 4) is 0 Å². The fraction of sp³-hybridized carbons (Fsp3) is 0. The van der Waals surface area contributed by atoms with Crippen molar-refractivity contribution in [3.63, 3.8) is 0 Å². The lowest BCUT2D eigenvalue weighted by molar-refractivity contribution is 0.0575. The maximum Gasteiger partial charge on any atom is 0.388 e. The van der Waals surface area contributed by atoms with Crippen LogP contribution in [0.25, 0.3) is 10.2 Å². The van der Waals surface area contributed by atoms with Crippen molar-refractivity contribution in [3.05, 3.63) is 23.8 Å². The van der Waals surface area contributed by atoms with E-state index in [9.17, 15) is 9.90 Å². The SMILES string of the molecule is [O]C(=O)c1cccc2snnc12. The van der Waals surface area contributed by atoms with E-state index in [1.165, 1.54) is 17.6 Å². The molecule has 2 aromatic rings. The number of nitrogens with zero attached hydrogens (tertiary/aromatic N) is 2. The van der Waals surface area contributed by atoms with Crippen LogP contribution >= 0.6 is 11.5 Å². The van der Waals surface area contributed by atoms with Gasteiger partial charge in [-0.2, -0.15) is 0 Å². The molecule has 0 unspecified atom stereocenters. The van der Waals surface area contributed by atoms with E-state index in [1.54, 1.807) is 12.1 Å². The number of benzene rings is 1. The number of carbonyl (C=O) groups excluding carboxylic acids is 1. The molecule has 0 amide bonds. The van der Waals surface area contributed by atoms with E-state index in [4.69, 9.17) is 0 Å². The predicted octanol–water partition coefficient (Wildman–Crippen LogP) is 1.26. The minimum atomic E-state index is -1.21. The van der Waals surface area contributed by atoms with Gasteiger partial charge >= 0.3 is 5.97 Å². The molecule has 0 aliphatic carbocycles. The van der Waals surface area contributed by atoms with Gasteiger partial charge in [0, 0.05) is 0 Å². The zero-order chi connectivity index (χ0) is 8.55. The molecule has 1 aromatic heterocycles. The topological polar surface area (TPSA) is 62.8 Å². The van der Waals surface area contributed by atoms with E-state index in [0.717, 1.165) is 4.70 Å². The van der Waals surface area contributed by atoms with Crippen LogP contribution in [0, 0.1) is 0 Å². The highest BCUT2D eigenvalue weighted by Crippen LogP contribution is 2.18. The number of hydrogen-bond donors (Lipinski definition) is 0. The van der Waals surface area contributed by atoms with E-state index in [1.807, 2.05) is 0 Å². The van der Waals surface area contributed by atoms with Gasteiger partial charge in [0.15, 0.2) is 0 Å². The zero-order valence-corrected chi connectivity index (χ0v) is 6.67. The first-order chi connectivity index (χ1) is 5.79. The Balaban J connectivity index is 2.82. The molecule has 0 saturated carbocycles. The maximum atomic E-state index is 10.5. The quantitative estimate of drug-likeness (QED) is 0.662. The molecule has 4 nitrogen and oxygen atoms in total. The number of carbonyl (C=O) groups is 1. The van der Waals surface area contributed by atoms with Gasteiger partial charge in [-0.05, 0) is 23.7 Å². The molecule has 0 saturated heterocycles. The van der Waals surface area contributed by atoms with E-state index >= 15 is 0 Å². The molecule has 0 aliphatic rings. The summed E-state index contributed by atoms with van der Waals surface area (Å²) in [6.07, 6.45) is 0. The summed E-state index contributed by atoms with van der Waals surface area (Å²) in [6, 6.07) is 4.87. The van der Waals surface area contributed by atoms with Crippen molar-refractivity contribution in [2.45, 2.75) is 0 Å². The molecule has 0 fully saturated rings. The molecule has 1 radical (unpaired) electrons. The lowest BCUT2D eigenvalue weighted by atomic mass is 10.2. The number of hydrogen-bond acceptors (Lipinski definition) is 4. The standard InChI is InChI=1S/C7H3N2O2S/c10-7(11)4-2-1-3-5-6(4)8-9-12-5/h1-3H. The van der Waals surface area contributed by atoms with Gasteiger partial charge in [0.25, 0.3) is 0 Å². The van der Waals surface area contributed by atoms with Crippen LogP contribution in [0.2, 0.25) is 0 Å². The minimum Gasteiger partial charge on any atom is -0.241 e. The smallest absolute Gasteiger partial charge is 0.241 e. The highest BCUT2D eigenvalue weighted by Gasteiger charge is 2.11. The zero-order valence-electron chi connectivity index (χ0n) is 5.85. The van der Waals surface area contributed by atoms with Gasteiger partial charge in [-0.15, -0.1) is 5.10 Å². The molecule has 2 rings (SSSR count). The van der Waals surface area contributed by atoms with Crippen molar-refractivity contribution in [2.24, 2.45) is 0 Å². The summed E-state index contributed by atoms with van der Waals surface area (Å²) >= 11 is 1.17. The Labute approximate surface area is 71.6 Å². The van der Waals surface area contributed by atoms with Gasteiger partial charge in [0.2, 0.25) is 0 Å². The predicted molar refractivity (Wildman–Crippen MR) is 42.4 cm³/mol. The molecule has 0 spiro atoms. The average molecular weight is 179 g/mol. The van der Waals surface area contributed by atoms with Crippen molar-refractivity contribution in [1.82, 2.24) is 9.59 Å². The molecule has 5 heteroatoms. The van der Waals surface area contributed by atoms with Crippen LogP contribution in [0.15, 0.2) is 18.2 Å². The summed E-state index contributed by atoms with van der Waals surface area (Å²) < 4.78 is 4.41. The Kier molecular flexibility index (Phi) is 1.51. The van der Waals surface area contributed by atoms with E-state index < -0.39 is 5.97 Å². The second-order valence-corrected chi connectivity index (χ2v) is 3.00. The summed E-state index contributed by atoms with van der Waals surface area (Å²) in [5.41, 5.74) is 0.503. The highest BCUT2D eigenvalue weighted by molar-refractivity contribution is 7.13. The molecule has 1 aromatic carbocycles. The van der Waals surface area contributed by atoms with Gasteiger partial charge in [-0.1, -0.05) is 10.6 Å². The third-order valence-electron chi connectivity index (χ3n) is 1.50. The van der Waals surface area contributed by atoms with Crippen LogP contribution in [0.1, 0.15) is 10.4 Å². The molecule has 1 heterocycles. The lowest BCUT2D eigenvalue weighted by Gasteiger charge is -1.89. The Hall–Kier alpha value is -1.49. The summed E-state index contributed by atoms with van der Waals surface area (Å²) in [7, 11) is 0. The number of fused-ring (bicyclic) bond motifs is 1. The minimum absolute atomic E-state index is 0.0984. The largest absolute Gasteiger partial charge is 0.388 e. The average Bonchev–Trinajstić information content (AvgIpc) is 2.49. The molecule has 0 N–H and O–H groups in total. The first-order valence-corrected chi connectivity index (χ1v) is 3.99. The second-order valence-electron chi connectivity index (χ2n) is 2.21. The van der Waals surface area contributed by atoms with Gasteiger partial charge in [-0.25, -0.2) is 9.90 Å². The van der Waals surface area contributed by atoms with Crippen LogP contribution in [-0.2, 0) is 5.11 Å². The molecule has 0 aliphatic heterocycles. The fourth-order valence-electron chi connectivity index (χ4n) is 0.969. The number of rotatable bonds is 1. The van der Waals surface area contributed by atoms with Crippen LogP contribution in [0.5, 0.6) is 0 Å². The van der Waals surface area contributed by atoms with Crippen molar-refractivity contribution >= 4 is 27.7 Å². The summed E-state index contributed by atoms with van der Waals surface area (Å²) in [4.78, 5) is 10.5. The highest BCUT2D eigenvalue weighted by atomic mass is 32.1. The summed E-state index contributed by atoms with van der Waals surface area (Å²) in [5.74, 6) is -1.21.